The van der Waals surface area contributed by atoms with Crippen molar-refractivity contribution >= 4 is 47.8 Å². The smallest absolute Gasteiger partial charge is 0.123 e. The SMILES string of the molecule is Cc1cc(C)c(Br)c(-c2c(Br)c(C)c(O)c(C)c2Br)c1. The molecular formula is C16H15Br3O. The molecule has 0 aliphatic rings. The molecule has 0 saturated heterocycles. The fraction of sp³-hybridized carbons (Fsp3) is 0.250. The number of phenols is 1. The highest BCUT2D eigenvalue weighted by molar-refractivity contribution is 9.11. The molecule has 2 rings (SSSR count). The van der Waals surface area contributed by atoms with Crippen LogP contribution in [0.4, 0.5) is 0 Å². The largest absolute Gasteiger partial charge is 0.507 e. The van der Waals surface area contributed by atoms with Crippen LogP contribution in [0, 0.1) is 27.7 Å². The first-order valence-corrected chi connectivity index (χ1v) is 8.57. The van der Waals surface area contributed by atoms with Gasteiger partial charge in [-0.05, 0) is 86.6 Å². The maximum absolute atomic E-state index is 10.1. The van der Waals surface area contributed by atoms with Crippen LogP contribution < -0.4 is 0 Å². The molecule has 1 nitrogen and oxygen atoms in total. The van der Waals surface area contributed by atoms with E-state index in [0.29, 0.717) is 5.75 Å². The third-order valence-electron chi connectivity index (χ3n) is 3.48. The standard InChI is InChI=1S/C16H15Br3O/c1-7-5-8(2)13(17)11(6-7)12-14(18)9(3)16(20)10(4)15(12)19/h5-6,20H,1-4H3. The van der Waals surface area contributed by atoms with E-state index < -0.39 is 0 Å². The second-order valence-corrected chi connectivity index (χ2v) is 7.42. The van der Waals surface area contributed by atoms with E-state index in [1.165, 1.54) is 11.1 Å². The van der Waals surface area contributed by atoms with Crippen LogP contribution in [-0.4, -0.2) is 5.11 Å². The molecule has 0 radical (unpaired) electrons. The summed E-state index contributed by atoms with van der Waals surface area (Å²) in [6.45, 7) is 8.01. The maximum Gasteiger partial charge on any atom is 0.123 e. The van der Waals surface area contributed by atoms with Crippen molar-refractivity contribution in [1.29, 1.82) is 0 Å². The first-order valence-electron chi connectivity index (χ1n) is 6.20. The number of halogens is 3. The Morgan fingerprint density at radius 2 is 1.30 bits per heavy atom. The zero-order valence-electron chi connectivity index (χ0n) is 11.7. The van der Waals surface area contributed by atoms with E-state index in [1.54, 1.807) is 0 Å². The van der Waals surface area contributed by atoms with E-state index in [4.69, 9.17) is 0 Å². The van der Waals surface area contributed by atoms with Gasteiger partial charge in [-0.1, -0.05) is 17.7 Å². The van der Waals surface area contributed by atoms with Gasteiger partial charge in [-0.25, -0.2) is 0 Å². The van der Waals surface area contributed by atoms with Gasteiger partial charge in [0, 0.05) is 30.1 Å². The minimum absolute atomic E-state index is 0.327. The lowest BCUT2D eigenvalue weighted by molar-refractivity contribution is 0.466. The second-order valence-electron chi connectivity index (χ2n) is 5.04. The molecule has 0 aromatic heterocycles. The first kappa shape index (κ1) is 16.1. The molecule has 0 aliphatic heterocycles. The molecule has 0 unspecified atom stereocenters. The van der Waals surface area contributed by atoms with Crippen molar-refractivity contribution in [2.75, 3.05) is 0 Å². The zero-order valence-corrected chi connectivity index (χ0v) is 16.5. The normalized spacial score (nSPS) is 10.9. The zero-order chi connectivity index (χ0) is 15.2. The van der Waals surface area contributed by atoms with Gasteiger partial charge in [0.2, 0.25) is 0 Å². The molecule has 2 aromatic carbocycles. The molecule has 0 aliphatic carbocycles. The van der Waals surface area contributed by atoms with Gasteiger partial charge in [0.15, 0.2) is 0 Å². The van der Waals surface area contributed by atoms with Crippen LogP contribution in [-0.2, 0) is 0 Å². The van der Waals surface area contributed by atoms with Gasteiger partial charge in [0.05, 0.1) is 0 Å². The molecule has 20 heavy (non-hydrogen) atoms. The first-order chi connectivity index (χ1) is 9.25. The Morgan fingerprint density at radius 3 is 1.80 bits per heavy atom. The van der Waals surface area contributed by atoms with Gasteiger partial charge in [-0.2, -0.15) is 0 Å². The van der Waals surface area contributed by atoms with Crippen LogP contribution in [0.2, 0.25) is 0 Å². The lowest BCUT2D eigenvalue weighted by atomic mass is 9.97. The molecule has 106 valence electrons. The molecule has 0 fully saturated rings. The Balaban J connectivity index is 2.91. The summed E-state index contributed by atoms with van der Waals surface area (Å²) in [5.74, 6) is 0.327. The van der Waals surface area contributed by atoms with Gasteiger partial charge in [0.25, 0.3) is 0 Å². The molecule has 0 heterocycles. The van der Waals surface area contributed by atoms with Gasteiger partial charge in [-0.15, -0.1) is 0 Å². The summed E-state index contributed by atoms with van der Waals surface area (Å²) in [5.41, 5.74) is 6.30. The summed E-state index contributed by atoms with van der Waals surface area (Å²) in [6.07, 6.45) is 0. The molecule has 0 amide bonds. The van der Waals surface area contributed by atoms with Crippen molar-refractivity contribution in [3.05, 3.63) is 47.8 Å². The fourth-order valence-corrected chi connectivity index (χ4v) is 4.22. The lowest BCUT2D eigenvalue weighted by Crippen LogP contribution is -1.94. The molecule has 0 bridgehead atoms. The predicted octanol–water partition coefficient (Wildman–Crippen LogP) is 6.58. The van der Waals surface area contributed by atoms with Gasteiger partial charge < -0.3 is 5.11 Å². The van der Waals surface area contributed by atoms with Crippen molar-refractivity contribution in [2.24, 2.45) is 0 Å². The molecular weight excluding hydrogens is 448 g/mol. The van der Waals surface area contributed by atoms with Crippen LogP contribution in [0.3, 0.4) is 0 Å². The maximum atomic E-state index is 10.1. The van der Waals surface area contributed by atoms with Crippen molar-refractivity contribution < 1.29 is 5.11 Å². The number of benzene rings is 2. The van der Waals surface area contributed by atoms with E-state index in [2.05, 4.69) is 73.8 Å². The van der Waals surface area contributed by atoms with Crippen LogP contribution in [0.1, 0.15) is 22.3 Å². The fourth-order valence-electron chi connectivity index (χ4n) is 2.33. The lowest BCUT2D eigenvalue weighted by Gasteiger charge is -2.18. The summed E-state index contributed by atoms with van der Waals surface area (Å²) in [7, 11) is 0. The average molecular weight is 463 g/mol. The number of aromatic hydroxyl groups is 1. The summed E-state index contributed by atoms with van der Waals surface area (Å²) >= 11 is 10.9. The van der Waals surface area contributed by atoms with Crippen LogP contribution in [0.15, 0.2) is 25.6 Å². The number of hydrogen-bond acceptors (Lipinski definition) is 1. The Bertz CT molecular complexity index is 677. The monoisotopic (exact) mass is 460 g/mol. The highest BCUT2D eigenvalue weighted by Crippen LogP contribution is 2.46. The van der Waals surface area contributed by atoms with Crippen LogP contribution >= 0.6 is 47.8 Å². The molecule has 0 spiro atoms. The molecule has 0 atom stereocenters. The number of aryl methyl sites for hydroxylation is 2. The Hall–Kier alpha value is -0.320. The van der Waals surface area contributed by atoms with E-state index >= 15 is 0 Å². The van der Waals surface area contributed by atoms with Gasteiger partial charge in [0.1, 0.15) is 5.75 Å². The van der Waals surface area contributed by atoms with Gasteiger partial charge >= 0.3 is 0 Å². The highest BCUT2D eigenvalue weighted by atomic mass is 79.9. The minimum atomic E-state index is 0.327. The number of hydrogen-bond donors (Lipinski definition) is 1. The minimum Gasteiger partial charge on any atom is -0.507 e. The Labute approximate surface area is 144 Å². The topological polar surface area (TPSA) is 20.2 Å². The Kier molecular flexibility index (Phi) is 4.67. The van der Waals surface area contributed by atoms with Crippen molar-refractivity contribution in [3.8, 4) is 16.9 Å². The van der Waals surface area contributed by atoms with E-state index in [-0.39, 0.29) is 0 Å². The Morgan fingerprint density at radius 1 is 0.800 bits per heavy atom. The van der Waals surface area contributed by atoms with Gasteiger partial charge in [-0.3, -0.25) is 0 Å². The highest BCUT2D eigenvalue weighted by Gasteiger charge is 2.20. The quantitative estimate of drug-likeness (QED) is 0.507. The summed E-state index contributed by atoms with van der Waals surface area (Å²) in [4.78, 5) is 0. The van der Waals surface area contributed by atoms with E-state index in [1.807, 2.05) is 13.8 Å². The predicted molar refractivity (Wildman–Crippen MR) is 95.6 cm³/mol. The molecule has 4 heteroatoms. The van der Waals surface area contributed by atoms with Crippen molar-refractivity contribution in [1.82, 2.24) is 0 Å². The van der Waals surface area contributed by atoms with Crippen LogP contribution in [0.25, 0.3) is 11.1 Å². The summed E-state index contributed by atoms with van der Waals surface area (Å²) in [6, 6.07) is 4.30. The second kappa shape index (κ2) is 5.82. The summed E-state index contributed by atoms with van der Waals surface area (Å²) < 4.78 is 2.91. The van der Waals surface area contributed by atoms with Crippen molar-refractivity contribution in [2.45, 2.75) is 27.7 Å². The number of phenolic OH excluding ortho intramolecular Hbond substituents is 1. The molecule has 0 saturated carbocycles. The third-order valence-corrected chi connectivity index (χ3v) is 6.51. The number of rotatable bonds is 1. The van der Waals surface area contributed by atoms with E-state index in [9.17, 15) is 5.11 Å². The molecule has 1 N–H and O–H groups in total. The van der Waals surface area contributed by atoms with Crippen LogP contribution in [0.5, 0.6) is 5.75 Å². The third kappa shape index (κ3) is 2.58. The average Bonchev–Trinajstić information content (AvgIpc) is 2.39. The van der Waals surface area contributed by atoms with Crippen molar-refractivity contribution in [3.63, 3.8) is 0 Å². The molecule has 2 aromatic rings. The summed E-state index contributed by atoms with van der Waals surface area (Å²) in [5, 5.41) is 10.1. The van der Waals surface area contributed by atoms with E-state index in [0.717, 1.165) is 35.7 Å².